The number of halogens is 2. The Morgan fingerprint density at radius 1 is 1.29 bits per heavy atom. The van der Waals surface area contributed by atoms with E-state index in [0.29, 0.717) is 6.07 Å². The van der Waals surface area contributed by atoms with E-state index in [1.54, 1.807) is 0 Å². The van der Waals surface area contributed by atoms with Gasteiger partial charge in [-0.1, -0.05) is 0 Å². The molecule has 0 radical (unpaired) electrons. The summed E-state index contributed by atoms with van der Waals surface area (Å²) >= 11 is 0. The molecule has 1 aromatic carbocycles. The Kier molecular flexibility index (Phi) is 1.73. The fourth-order valence-corrected chi connectivity index (χ4v) is 1.28. The fourth-order valence-electron chi connectivity index (χ4n) is 1.28. The minimum absolute atomic E-state index is 0.0365. The van der Waals surface area contributed by atoms with Crippen LogP contribution in [0.1, 0.15) is 10.5 Å². The zero-order valence-electron chi connectivity index (χ0n) is 6.80. The Balaban J connectivity index is 2.76. The van der Waals surface area contributed by atoms with E-state index >= 15 is 0 Å². The van der Waals surface area contributed by atoms with E-state index in [0.717, 1.165) is 12.1 Å². The lowest BCUT2D eigenvalue weighted by Gasteiger charge is -1.94. The Hall–Kier alpha value is -1.91. The van der Waals surface area contributed by atoms with Crippen LogP contribution in [0.25, 0.3) is 10.9 Å². The molecule has 0 atom stereocenters. The molecule has 0 spiro atoms. The Bertz CT molecular complexity index is 519. The number of fused-ring (bicyclic) bond motifs is 1. The molecule has 5 heteroatoms. The van der Waals surface area contributed by atoms with Crippen LogP contribution in [0.3, 0.4) is 0 Å². The standard InChI is InChI=1S/C9H5F2NO2/c10-5-1-4-2-7(9(13)14)12-8(4)6(11)3-5/h1-3,12H,(H,13,14)/p-1. The van der Waals surface area contributed by atoms with Gasteiger partial charge in [-0.2, -0.15) is 0 Å². The predicted molar refractivity (Wildman–Crippen MR) is 42.5 cm³/mol. The number of carboxylic acids is 1. The highest BCUT2D eigenvalue weighted by Crippen LogP contribution is 2.19. The van der Waals surface area contributed by atoms with Crippen molar-refractivity contribution in [2.45, 2.75) is 0 Å². The molecule has 0 aliphatic rings. The maximum absolute atomic E-state index is 13.0. The van der Waals surface area contributed by atoms with Gasteiger partial charge in [-0.15, -0.1) is 0 Å². The van der Waals surface area contributed by atoms with Crippen LogP contribution in [-0.2, 0) is 0 Å². The first kappa shape index (κ1) is 8.68. The second-order valence-corrected chi connectivity index (χ2v) is 2.82. The highest BCUT2D eigenvalue weighted by molar-refractivity contribution is 5.92. The molecule has 0 saturated heterocycles. The Labute approximate surface area is 77.0 Å². The van der Waals surface area contributed by atoms with Crippen molar-refractivity contribution in [3.05, 3.63) is 35.5 Å². The molecule has 1 aromatic heterocycles. The highest BCUT2D eigenvalue weighted by atomic mass is 19.1. The Morgan fingerprint density at radius 2 is 2.00 bits per heavy atom. The number of carbonyl (C=O) groups excluding carboxylic acids is 1. The zero-order valence-corrected chi connectivity index (χ0v) is 6.80. The van der Waals surface area contributed by atoms with Gasteiger partial charge in [0.1, 0.15) is 11.6 Å². The van der Waals surface area contributed by atoms with Crippen molar-refractivity contribution in [3.8, 4) is 0 Å². The lowest BCUT2D eigenvalue weighted by Crippen LogP contribution is -2.22. The number of carboxylic acid groups (broad SMARTS) is 1. The number of H-pyrrole nitrogens is 1. The van der Waals surface area contributed by atoms with Gasteiger partial charge in [-0.25, -0.2) is 8.78 Å². The van der Waals surface area contributed by atoms with Crippen LogP contribution < -0.4 is 5.11 Å². The smallest absolute Gasteiger partial charge is 0.150 e. The number of hydrogen-bond donors (Lipinski definition) is 1. The van der Waals surface area contributed by atoms with Crippen LogP contribution in [0.2, 0.25) is 0 Å². The second-order valence-electron chi connectivity index (χ2n) is 2.82. The first-order valence-electron chi connectivity index (χ1n) is 3.77. The third kappa shape index (κ3) is 1.22. The van der Waals surface area contributed by atoms with Crippen molar-refractivity contribution in [1.82, 2.24) is 4.98 Å². The van der Waals surface area contributed by atoms with Gasteiger partial charge in [0.05, 0.1) is 17.2 Å². The van der Waals surface area contributed by atoms with Crippen LogP contribution in [0, 0.1) is 11.6 Å². The normalized spacial score (nSPS) is 10.7. The minimum Gasteiger partial charge on any atom is -0.543 e. The summed E-state index contributed by atoms with van der Waals surface area (Å²) in [5.74, 6) is -3.03. The molecule has 72 valence electrons. The van der Waals surface area contributed by atoms with Gasteiger partial charge in [-0.3, -0.25) is 0 Å². The number of carbonyl (C=O) groups is 1. The lowest BCUT2D eigenvalue weighted by atomic mass is 10.2. The minimum atomic E-state index is -1.46. The average Bonchev–Trinajstić information content (AvgIpc) is 2.47. The van der Waals surface area contributed by atoms with Crippen molar-refractivity contribution in [2.75, 3.05) is 0 Å². The first-order valence-corrected chi connectivity index (χ1v) is 3.77. The van der Waals surface area contributed by atoms with Crippen LogP contribution in [0.5, 0.6) is 0 Å². The van der Waals surface area contributed by atoms with Crippen LogP contribution in [-0.4, -0.2) is 11.0 Å². The van der Waals surface area contributed by atoms with Gasteiger partial charge in [-0.05, 0) is 12.1 Å². The van der Waals surface area contributed by atoms with E-state index in [1.807, 2.05) is 0 Å². The summed E-state index contributed by atoms with van der Waals surface area (Å²) < 4.78 is 25.7. The summed E-state index contributed by atoms with van der Waals surface area (Å²) in [6, 6.07) is 2.84. The summed E-state index contributed by atoms with van der Waals surface area (Å²) in [6.07, 6.45) is 0. The third-order valence-corrected chi connectivity index (χ3v) is 1.86. The van der Waals surface area contributed by atoms with Gasteiger partial charge >= 0.3 is 0 Å². The highest BCUT2D eigenvalue weighted by Gasteiger charge is 2.07. The molecule has 0 saturated carbocycles. The second kappa shape index (κ2) is 2.80. The molecule has 1 heterocycles. The molecular formula is C9H4F2NO2-. The maximum atomic E-state index is 13.0. The number of nitrogens with one attached hydrogen (secondary N) is 1. The number of aromatic nitrogens is 1. The summed E-state index contributed by atoms with van der Waals surface area (Å²) in [5.41, 5.74) is -0.310. The van der Waals surface area contributed by atoms with Gasteiger partial charge < -0.3 is 14.9 Å². The van der Waals surface area contributed by atoms with E-state index in [9.17, 15) is 18.7 Å². The topological polar surface area (TPSA) is 55.9 Å². The summed E-state index contributed by atoms with van der Waals surface area (Å²) in [7, 11) is 0. The molecule has 3 nitrogen and oxygen atoms in total. The molecule has 2 aromatic rings. The fraction of sp³-hybridized carbons (Fsp3) is 0. The molecule has 0 amide bonds. The van der Waals surface area contributed by atoms with E-state index in [-0.39, 0.29) is 16.6 Å². The molecule has 0 aliphatic heterocycles. The molecule has 14 heavy (non-hydrogen) atoms. The average molecular weight is 196 g/mol. The van der Waals surface area contributed by atoms with Crippen molar-refractivity contribution < 1.29 is 18.7 Å². The molecular weight excluding hydrogens is 192 g/mol. The van der Waals surface area contributed by atoms with E-state index < -0.39 is 17.6 Å². The molecule has 0 unspecified atom stereocenters. The zero-order chi connectivity index (χ0) is 10.3. The van der Waals surface area contributed by atoms with Crippen molar-refractivity contribution in [1.29, 1.82) is 0 Å². The van der Waals surface area contributed by atoms with Crippen molar-refractivity contribution >= 4 is 16.9 Å². The van der Waals surface area contributed by atoms with Crippen molar-refractivity contribution in [3.63, 3.8) is 0 Å². The summed E-state index contributed by atoms with van der Waals surface area (Å²) in [6.45, 7) is 0. The number of hydrogen-bond acceptors (Lipinski definition) is 2. The summed E-state index contributed by atoms with van der Waals surface area (Å²) in [5, 5.41) is 10.6. The SMILES string of the molecule is O=C([O-])c1cc2cc(F)cc(F)c2[nH]1. The quantitative estimate of drug-likeness (QED) is 0.733. The van der Waals surface area contributed by atoms with Crippen LogP contribution in [0.4, 0.5) is 8.78 Å². The van der Waals surface area contributed by atoms with Crippen LogP contribution in [0.15, 0.2) is 18.2 Å². The van der Waals surface area contributed by atoms with Gasteiger partial charge in [0.2, 0.25) is 0 Å². The van der Waals surface area contributed by atoms with Gasteiger partial charge in [0.15, 0.2) is 0 Å². The molecule has 1 N–H and O–H groups in total. The van der Waals surface area contributed by atoms with Gasteiger partial charge in [0.25, 0.3) is 0 Å². The third-order valence-electron chi connectivity index (χ3n) is 1.86. The lowest BCUT2D eigenvalue weighted by molar-refractivity contribution is -0.255. The van der Waals surface area contributed by atoms with Crippen LogP contribution >= 0.6 is 0 Å². The number of benzene rings is 1. The molecule has 0 aliphatic carbocycles. The number of aromatic carboxylic acids is 1. The van der Waals surface area contributed by atoms with Crippen molar-refractivity contribution in [2.24, 2.45) is 0 Å². The van der Waals surface area contributed by atoms with Gasteiger partial charge in [0, 0.05) is 11.5 Å². The number of aromatic amines is 1. The Morgan fingerprint density at radius 3 is 2.64 bits per heavy atom. The predicted octanol–water partition coefficient (Wildman–Crippen LogP) is 0.810. The monoisotopic (exact) mass is 196 g/mol. The maximum Gasteiger partial charge on any atom is 0.150 e. The molecule has 2 rings (SSSR count). The molecule has 0 bridgehead atoms. The van der Waals surface area contributed by atoms with E-state index in [1.165, 1.54) is 0 Å². The number of rotatable bonds is 1. The largest absolute Gasteiger partial charge is 0.543 e. The molecule has 0 fully saturated rings. The van der Waals surface area contributed by atoms with E-state index in [4.69, 9.17) is 0 Å². The first-order chi connectivity index (χ1) is 6.58. The summed E-state index contributed by atoms with van der Waals surface area (Å²) in [4.78, 5) is 12.7. The van der Waals surface area contributed by atoms with E-state index in [2.05, 4.69) is 4.98 Å².